The minimum Gasteiger partial charge on any atom is -0.450 e. The summed E-state index contributed by atoms with van der Waals surface area (Å²) in [4.78, 5) is 22.6. The van der Waals surface area contributed by atoms with E-state index in [0.717, 1.165) is 21.5 Å². The molecule has 4 aromatic rings. The van der Waals surface area contributed by atoms with Crippen LogP contribution in [0.2, 0.25) is 0 Å². The Bertz CT molecular complexity index is 1200. The van der Waals surface area contributed by atoms with Gasteiger partial charge in [0.05, 0.1) is 10.5 Å². The third-order valence-corrected chi connectivity index (χ3v) is 4.69. The first-order chi connectivity index (χ1) is 13.5. The number of benzene rings is 4. The van der Waals surface area contributed by atoms with E-state index in [1.807, 2.05) is 36.4 Å². The van der Waals surface area contributed by atoms with Crippen molar-refractivity contribution in [3.05, 3.63) is 100 Å². The molecule has 0 aliphatic carbocycles. The zero-order valence-corrected chi connectivity index (χ0v) is 14.6. The highest BCUT2D eigenvalue weighted by molar-refractivity contribution is 6.08. The molecule has 1 N–H and O–H groups in total. The lowest BCUT2D eigenvalue weighted by molar-refractivity contribution is -0.385. The third kappa shape index (κ3) is 3.12. The summed E-state index contributed by atoms with van der Waals surface area (Å²) in [5.74, 6) is 0. The molecule has 0 aromatic heterocycles. The van der Waals surface area contributed by atoms with E-state index < -0.39 is 17.2 Å². The van der Waals surface area contributed by atoms with E-state index >= 15 is 0 Å². The van der Waals surface area contributed by atoms with E-state index in [2.05, 4.69) is 0 Å². The topological polar surface area (TPSA) is 89.7 Å². The molecule has 6 heteroatoms. The molecule has 28 heavy (non-hydrogen) atoms. The molecule has 0 saturated carbocycles. The summed E-state index contributed by atoms with van der Waals surface area (Å²) in [7, 11) is 0. The lowest BCUT2D eigenvalue weighted by Gasteiger charge is -2.18. The second-order valence-corrected chi connectivity index (χ2v) is 6.35. The first-order valence-corrected chi connectivity index (χ1v) is 8.59. The minimum absolute atomic E-state index is 0.182. The molecule has 0 saturated heterocycles. The summed E-state index contributed by atoms with van der Waals surface area (Å²) in [6.45, 7) is 0. The van der Waals surface area contributed by atoms with Crippen molar-refractivity contribution < 1.29 is 19.6 Å². The van der Waals surface area contributed by atoms with Crippen LogP contribution in [0.3, 0.4) is 0 Å². The van der Waals surface area contributed by atoms with Crippen molar-refractivity contribution in [2.75, 3.05) is 0 Å². The van der Waals surface area contributed by atoms with Gasteiger partial charge in [-0.1, -0.05) is 66.7 Å². The molecule has 0 fully saturated rings. The highest BCUT2D eigenvalue weighted by atomic mass is 16.7. The number of carboxylic acid groups (broad SMARTS) is 1. The number of fused-ring (bicyclic) bond motifs is 3. The zero-order valence-electron chi connectivity index (χ0n) is 14.6. The molecule has 0 aliphatic heterocycles. The fourth-order valence-corrected chi connectivity index (χ4v) is 3.47. The van der Waals surface area contributed by atoms with Gasteiger partial charge in [-0.05, 0) is 33.2 Å². The molecular weight excluding hydrogens is 358 g/mol. The van der Waals surface area contributed by atoms with Crippen LogP contribution in [0.4, 0.5) is 10.5 Å². The molecule has 0 heterocycles. The number of carbonyl (C=O) groups is 1. The number of nitro groups is 1. The Morgan fingerprint density at radius 1 is 0.893 bits per heavy atom. The maximum Gasteiger partial charge on any atom is 0.506 e. The van der Waals surface area contributed by atoms with Crippen molar-refractivity contribution in [2.45, 2.75) is 6.10 Å². The van der Waals surface area contributed by atoms with Crippen LogP contribution in [0.5, 0.6) is 0 Å². The normalized spacial score (nSPS) is 12.0. The smallest absolute Gasteiger partial charge is 0.450 e. The summed E-state index contributed by atoms with van der Waals surface area (Å²) in [6.07, 6.45) is -2.60. The van der Waals surface area contributed by atoms with E-state index in [9.17, 15) is 20.0 Å². The first kappa shape index (κ1) is 17.5. The van der Waals surface area contributed by atoms with Crippen LogP contribution < -0.4 is 0 Å². The maximum absolute atomic E-state index is 11.8. The van der Waals surface area contributed by atoms with Crippen molar-refractivity contribution in [2.24, 2.45) is 0 Å². The largest absolute Gasteiger partial charge is 0.506 e. The molecule has 1 unspecified atom stereocenters. The number of rotatable bonds is 4. The maximum atomic E-state index is 11.8. The molecule has 0 aliphatic rings. The summed E-state index contributed by atoms with van der Waals surface area (Å²) in [6, 6.07) is 23.2. The van der Waals surface area contributed by atoms with Gasteiger partial charge in [-0.3, -0.25) is 10.1 Å². The third-order valence-electron chi connectivity index (χ3n) is 4.69. The lowest BCUT2D eigenvalue weighted by atomic mass is 9.94. The van der Waals surface area contributed by atoms with Crippen LogP contribution in [0.25, 0.3) is 21.5 Å². The van der Waals surface area contributed by atoms with Crippen molar-refractivity contribution in [3.63, 3.8) is 0 Å². The quantitative estimate of drug-likeness (QED) is 0.215. The monoisotopic (exact) mass is 373 g/mol. The second-order valence-electron chi connectivity index (χ2n) is 6.35. The van der Waals surface area contributed by atoms with Crippen molar-refractivity contribution in [1.82, 2.24) is 0 Å². The van der Waals surface area contributed by atoms with Gasteiger partial charge in [0.15, 0.2) is 6.10 Å². The Morgan fingerprint density at radius 2 is 1.57 bits per heavy atom. The lowest BCUT2D eigenvalue weighted by Crippen LogP contribution is -2.12. The molecular formula is C22H15NO5. The van der Waals surface area contributed by atoms with Crippen molar-refractivity contribution >= 4 is 33.4 Å². The van der Waals surface area contributed by atoms with Crippen LogP contribution in [-0.2, 0) is 4.74 Å². The van der Waals surface area contributed by atoms with Gasteiger partial charge in [-0.25, -0.2) is 4.79 Å². The molecule has 0 radical (unpaired) electrons. The van der Waals surface area contributed by atoms with Crippen LogP contribution in [0.15, 0.2) is 78.9 Å². The molecule has 0 amide bonds. The predicted molar refractivity (Wildman–Crippen MR) is 106 cm³/mol. The SMILES string of the molecule is O=C(O)OC(c1ccccc1)c1cc2ccc3ccccc3c2cc1[N+](=O)[O-]. The fourth-order valence-electron chi connectivity index (χ4n) is 3.47. The van der Waals surface area contributed by atoms with Crippen molar-refractivity contribution in [1.29, 1.82) is 0 Å². The Kier molecular flexibility index (Phi) is 4.37. The summed E-state index contributed by atoms with van der Waals surface area (Å²) in [5, 5.41) is 24.4. The van der Waals surface area contributed by atoms with Crippen LogP contribution in [0, 0.1) is 10.1 Å². The Hall–Kier alpha value is -3.93. The van der Waals surface area contributed by atoms with E-state index in [-0.39, 0.29) is 11.3 Å². The standard InChI is InChI=1S/C22H15NO5/c24-22(25)28-21(15-7-2-1-3-8-15)19-12-16-11-10-14-6-4-5-9-17(14)18(16)13-20(19)23(26)27/h1-13,21H,(H,24,25). The predicted octanol–water partition coefficient (Wildman–Crippen LogP) is 5.69. The number of hydrogen-bond donors (Lipinski definition) is 1. The molecule has 4 rings (SSSR count). The number of hydrogen-bond acceptors (Lipinski definition) is 4. The van der Waals surface area contributed by atoms with E-state index in [1.54, 1.807) is 36.4 Å². The zero-order chi connectivity index (χ0) is 19.7. The average molecular weight is 373 g/mol. The van der Waals surface area contributed by atoms with Gasteiger partial charge in [-0.2, -0.15) is 0 Å². The molecule has 1 atom stereocenters. The average Bonchev–Trinajstić information content (AvgIpc) is 2.71. The van der Waals surface area contributed by atoms with Crippen LogP contribution in [-0.4, -0.2) is 16.2 Å². The van der Waals surface area contributed by atoms with Crippen molar-refractivity contribution in [3.8, 4) is 0 Å². The van der Waals surface area contributed by atoms with E-state index in [1.165, 1.54) is 6.07 Å². The minimum atomic E-state index is -1.50. The Labute approximate surface area is 159 Å². The molecule has 0 bridgehead atoms. The highest BCUT2D eigenvalue weighted by Gasteiger charge is 2.28. The number of nitro benzene ring substituents is 1. The van der Waals surface area contributed by atoms with Gasteiger partial charge in [0.1, 0.15) is 0 Å². The summed E-state index contributed by atoms with van der Waals surface area (Å²) >= 11 is 0. The highest BCUT2D eigenvalue weighted by Crippen LogP contribution is 2.38. The molecule has 4 aromatic carbocycles. The second kappa shape index (κ2) is 7.00. The van der Waals surface area contributed by atoms with Gasteiger partial charge in [0.2, 0.25) is 0 Å². The Morgan fingerprint density at radius 3 is 2.29 bits per heavy atom. The van der Waals surface area contributed by atoms with E-state index in [0.29, 0.717) is 5.56 Å². The van der Waals surface area contributed by atoms with Gasteiger partial charge in [0.25, 0.3) is 5.69 Å². The summed E-state index contributed by atoms with van der Waals surface area (Å²) in [5.41, 5.74) is 0.536. The fraction of sp³-hybridized carbons (Fsp3) is 0.0455. The number of nitrogens with zero attached hydrogens (tertiary/aromatic N) is 1. The first-order valence-electron chi connectivity index (χ1n) is 8.59. The Balaban J connectivity index is 2.01. The van der Waals surface area contributed by atoms with E-state index in [4.69, 9.17) is 4.74 Å². The number of ether oxygens (including phenoxy) is 1. The van der Waals surface area contributed by atoms with Gasteiger partial charge in [-0.15, -0.1) is 0 Å². The molecule has 0 spiro atoms. The van der Waals surface area contributed by atoms with Gasteiger partial charge in [0, 0.05) is 6.07 Å². The summed E-state index contributed by atoms with van der Waals surface area (Å²) < 4.78 is 5.06. The van der Waals surface area contributed by atoms with Crippen LogP contribution >= 0.6 is 0 Å². The molecule has 138 valence electrons. The van der Waals surface area contributed by atoms with Crippen LogP contribution in [0.1, 0.15) is 17.2 Å². The molecule has 6 nitrogen and oxygen atoms in total. The van der Waals surface area contributed by atoms with Gasteiger partial charge < -0.3 is 9.84 Å². The van der Waals surface area contributed by atoms with Gasteiger partial charge >= 0.3 is 6.16 Å².